The predicted octanol–water partition coefficient (Wildman–Crippen LogP) is 3.29. The lowest BCUT2D eigenvalue weighted by molar-refractivity contribution is 0.0891. The van der Waals surface area contributed by atoms with Gasteiger partial charge >= 0.3 is 0 Å². The fourth-order valence-electron chi connectivity index (χ4n) is 3.29. The topological polar surface area (TPSA) is 42.9 Å². The van der Waals surface area contributed by atoms with Crippen LogP contribution in [-0.4, -0.2) is 80.1 Å². The molecule has 1 heterocycles. The number of nitrogens with one attached hydrogen (secondary N) is 2. The van der Waals surface area contributed by atoms with E-state index in [1.165, 1.54) is 5.56 Å². The van der Waals surface area contributed by atoms with Gasteiger partial charge in [-0.1, -0.05) is 30.3 Å². The number of likely N-dealkylation sites (N-methyl/N-ethyl adjacent to an activating group) is 1. The van der Waals surface area contributed by atoms with Crippen LogP contribution in [0.15, 0.2) is 35.3 Å². The average Bonchev–Trinajstić information content (AvgIpc) is 2.69. The van der Waals surface area contributed by atoms with Crippen molar-refractivity contribution >= 4 is 41.7 Å². The summed E-state index contributed by atoms with van der Waals surface area (Å²) in [7, 11) is 4.06. The molecule has 0 aromatic heterocycles. The van der Waals surface area contributed by atoms with E-state index in [9.17, 15) is 0 Å². The van der Waals surface area contributed by atoms with Crippen molar-refractivity contribution in [3.63, 3.8) is 0 Å². The average molecular weight is 520 g/mol. The van der Waals surface area contributed by atoms with Crippen LogP contribution in [0.2, 0.25) is 0 Å². The summed E-state index contributed by atoms with van der Waals surface area (Å²) in [5.41, 5.74) is 1.42. The summed E-state index contributed by atoms with van der Waals surface area (Å²) in [6, 6.07) is 11.4. The zero-order chi connectivity index (χ0) is 19.7. The van der Waals surface area contributed by atoms with E-state index in [1.807, 2.05) is 18.8 Å². The molecule has 28 heavy (non-hydrogen) atoms. The third-order valence-corrected chi connectivity index (χ3v) is 6.50. The minimum absolute atomic E-state index is 0. The Bertz CT molecular complexity index is 581. The van der Waals surface area contributed by atoms with Crippen LogP contribution in [0.3, 0.4) is 0 Å². The molecular weight excluding hydrogens is 481 g/mol. The Morgan fingerprint density at radius 2 is 1.93 bits per heavy atom. The molecule has 0 amide bonds. The van der Waals surface area contributed by atoms with Gasteiger partial charge in [-0.05, 0) is 39.1 Å². The molecule has 0 aliphatic carbocycles. The number of aliphatic imine (C=N–C) groups is 1. The number of rotatable bonds is 8. The molecule has 1 aliphatic heterocycles. The SMILES string of the molecule is CN=C(NCCCN1CCN(C)CC1c1ccccc1)NCC(C)(C)SC.I. The maximum absolute atomic E-state index is 4.35. The van der Waals surface area contributed by atoms with E-state index < -0.39 is 0 Å². The lowest BCUT2D eigenvalue weighted by Gasteiger charge is -2.40. The molecule has 0 bridgehead atoms. The molecule has 1 aromatic rings. The standard InChI is InChI=1S/C21H37N5S.HI/c1-21(2,27-5)17-24-20(22-3)23-12-9-13-26-15-14-25(4)16-19(26)18-10-7-6-8-11-18;/h6-8,10-11,19H,9,12-17H2,1-5H3,(H2,22,23,24);1H. The first-order valence-corrected chi connectivity index (χ1v) is 11.1. The first kappa shape index (κ1) is 25.5. The number of nitrogens with zero attached hydrogens (tertiary/aromatic N) is 3. The fraction of sp³-hybridized carbons (Fsp3) is 0.667. The van der Waals surface area contributed by atoms with E-state index in [2.05, 4.69) is 82.9 Å². The normalized spacial score (nSPS) is 19.2. The minimum Gasteiger partial charge on any atom is -0.356 e. The summed E-state index contributed by atoms with van der Waals surface area (Å²) in [5, 5.41) is 6.90. The summed E-state index contributed by atoms with van der Waals surface area (Å²) in [6.45, 7) is 10.8. The van der Waals surface area contributed by atoms with Gasteiger partial charge in [0.2, 0.25) is 0 Å². The Hall–Kier alpha value is -0.510. The molecule has 1 saturated heterocycles. The van der Waals surface area contributed by atoms with Gasteiger partial charge in [-0.3, -0.25) is 9.89 Å². The Balaban J connectivity index is 0.00000392. The monoisotopic (exact) mass is 519 g/mol. The zero-order valence-electron chi connectivity index (χ0n) is 18.1. The molecule has 5 nitrogen and oxygen atoms in total. The van der Waals surface area contributed by atoms with Crippen LogP contribution in [0, 0.1) is 0 Å². The maximum Gasteiger partial charge on any atom is 0.191 e. The highest BCUT2D eigenvalue weighted by molar-refractivity contribution is 14.0. The van der Waals surface area contributed by atoms with Crippen molar-refractivity contribution in [2.24, 2.45) is 4.99 Å². The number of guanidine groups is 1. The van der Waals surface area contributed by atoms with E-state index >= 15 is 0 Å². The number of hydrogen-bond acceptors (Lipinski definition) is 4. The zero-order valence-corrected chi connectivity index (χ0v) is 21.2. The Labute approximate surface area is 193 Å². The van der Waals surface area contributed by atoms with Crippen LogP contribution in [-0.2, 0) is 0 Å². The number of benzene rings is 1. The van der Waals surface area contributed by atoms with E-state index in [4.69, 9.17) is 0 Å². The molecule has 0 spiro atoms. The van der Waals surface area contributed by atoms with Crippen LogP contribution in [0.1, 0.15) is 31.9 Å². The Morgan fingerprint density at radius 1 is 1.21 bits per heavy atom. The first-order valence-electron chi connectivity index (χ1n) is 9.92. The number of piperazine rings is 1. The smallest absolute Gasteiger partial charge is 0.191 e. The van der Waals surface area contributed by atoms with Gasteiger partial charge in [0.15, 0.2) is 5.96 Å². The second kappa shape index (κ2) is 12.9. The van der Waals surface area contributed by atoms with Crippen molar-refractivity contribution in [3.05, 3.63) is 35.9 Å². The van der Waals surface area contributed by atoms with E-state index in [-0.39, 0.29) is 28.7 Å². The van der Waals surface area contributed by atoms with Crippen LogP contribution in [0.4, 0.5) is 0 Å². The highest BCUT2D eigenvalue weighted by Crippen LogP contribution is 2.24. The predicted molar refractivity (Wildman–Crippen MR) is 135 cm³/mol. The molecule has 0 saturated carbocycles. The second-order valence-corrected chi connectivity index (χ2v) is 9.41. The van der Waals surface area contributed by atoms with Crippen molar-refractivity contribution in [2.75, 3.05) is 59.6 Å². The lowest BCUT2D eigenvalue weighted by atomic mass is 10.0. The lowest BCUT2D eigenvalue weighted by Crippen LogP contribution is -2.48. The highest BCUT2D eigenvalue weighted by Gasteiger charge is 2.25. The molecule has 2 N–H and O–H groups in total. The van der Waals surface area contributed by atoms with E-state index in [1.54, 1.807) is 0 Å². The molecule has 1 unspecified atom stereocenters. The van der Waals surface area contributed by atoms with Gasteiger partial charge in [-0.25, -0.2) is 0 Å². The minimum atomic E-state index is 0. The maximum atomic E-state index is 4.35. The third-order valence-electron chi connectivity index (χ3n) is 5.25. The largest absolute Gasteiger partial charge is 0.356 e. The van der Waals surface area contributed by atoms with Gasteiger partial charge in [0.05, 0.1) is 0 Å². The van der Waals surface area contributed by atoms with Crippen molar-refractivity contribution in [1.82, 2.24) is 20.4 Å². The van der Waals surface area contributed by atoms with Crippen LogP contribution in [0.25, 0.3) is 0 Å². The van der Waals surface area contributed by atoms with Crippen molar-refractivity contribution < 1.29 is 0 Å². The molecule has 1 aromatic carbocycles. The van der Waals surface area contributed by atoms with Gasteiger partial charge in [0.1, 0.15) is 0 Å². The molecular formula is C21H38IN5S. The summed E-state index contributed by atoms with van der Waals surface area (Å²) >= 11 is 1.87. The molecule has 0 radical (unpaired) electrons. The van der Waals surface area contributed by atoms with Crippen LogP contribution < -0.4 is 10.6 Å². The van der Waals surface area contributed by atoms with Gasteiger partial charge < -0.3 is 15.5 Å². The second-order valence-electron chi connectivity index (χ2n) is 7.89. The molecule has 1 aliphatic rings. The first-order chi connectivity index (χ1) is 12.9. The Kier molecular flexibility index (Phi) is 11.8. The van der Waals surface area contributed by atoms with Crippen molar-refractivity contribution in [1.29, 1.82) is 0 Å². The summed E-state index contributed by atoms with van der Waals surface area (Å²) in [4.78, 5) is 9.41. The van der Waals surface area contributed by atoms with Crippen molar-refractivity contribution in [2.45, 2.75) is 31.1 Å². The molecule has 1 atom stereocenters. The Morgan fingerprint density at radius 3 is 2.57 bits per heavy atom. The number of thioether (sulfide) groups is 1. The van der Waals surface area contributed by atoms with Gasteiger partial charge in [0, 0.05) is 57.1 Å². The van der Waals surface area contributed by atoms with E-state index in [0.29, 0.717) is 6.04 Å². The third kappa shape index (κ3) is 8.47. The molecule has 1 fully saturated rings. The summed E-state index contributed by atoms with van der Waals surface area (Å²) < 4.78 is 0.209. The van der Waals surface area contributed by atoms with Crippen LogP contribution in [0.5, 0.6) is 0 Å². The van der Waals surface area contributed by atoms with Gasteiger partial charge in [-0.15, -0.1) is 24.0 Å². The quantitative estimate of drug-likeness (QED) is 0.239. The molecule has 160 valence electrons. The molecule has 7 heteroatoms. The van der Waals surface area contributed by atoms with Crippen molar-refractivity contribution in [3.8, 4) is 0 Å². The number of halogens is 1. The summed E-state index contributed by atoms with van der Waals surface area (Å²) in [6.07, 6.45) is 3.26. The number of hydrogen-bond donors (Lipinski definition) is 2. The summed E-state index contributed by atoms with van der Waals surface area (Å²) in [5.74, 6) is 0.898. The van der Waals surface area contributed by atoms with E-state index in [0.717, 1.165) is 51.6 Å². The highest BCUT2D eigenvalue weighted by atomic mass is 127. The van der Waals surface area contributed by atoms with Gasteiger partial charge in [0.25, 0.3) is 0 Å². The molecule has 2 rings (SSSR count). The van der Waals surface area contributed by atoms with Gasteiger partial charge in [-0.2, -0.15) is 11.8 Å². The fourth-order valence-corrected chi connectivity index (χ4v) is 3.51. The van der Waals surface area contributed by atoms with Crippen LogP contribution >= 0.6 is 35.7 Å².